The number of hydrogen-bond acceptors (Lipinski definition) is 3. The number of ketones is 1. The van der Waals surface area contributed by atoms with Gasteiger partial charge in [0, 0.05) is 22.1 Å². The van der Waals surface area contributed by atoms with Crippen molar-refractivity contribution < 1.29 is 9.53 Å². The lowest BCUT2D eigenvalue weighted by molar-refractivity contribution is -0.126. The Bertz CT molecular complexity index is 537. The number of carbonyl (C=O) groups excluding carboxylic acids is 1. The molecule has 2 heterocycles. The van der Waals surface area contributed by atoms with E-state index in [1.165, 1.54) is 9.80 Å². The van der Waals surface area contributed by atoms with Gasteiger partial charge in [0.2, 0.25) is 0 Å². The predicted molar refractivity (Wildman–Crippen MR) is 74.9 cm³/mol. The van der Waals surface area contributed by atoms with Crippen LogP contribution in [0.4, 0.5) is 0 Å². The number of benzene rings is 1. The molecule has 0 radical (unpaired) electrons. The predicted octanol–water partition coefficient (Wildman–Crippen LogP) is 3.43. The molecule has 1 aliphatic carbocycles. The molecule has 1 aromatic carbocycles. The number of thioether (sulfide) groups is 1. The number of fused-ring (bicyclic) bond motifs is 5. The van der Waals surface area contributed by atoms with Crippen molar-refractivity contribution in [1.82, 2.24) is 0 Å². The fourth-order valence-corrected chi connectivity index (χ4v) is 4.73. The summed E-state index contributed by atoms with van der Waals surface area (Å²) < 4.78 is 6.04. The van der Waals surface area contributed by atoms with Gasteiger partial charge in [-0.05, 0) is 31.1 Å². The van der Waals surface area contributed by atoms with Crippen LogP contribution in [-0.2, 0) is 9.53 Å². The molecule has 3 aliphatic rings. The fraction of sp³-hybridized carbons (Fsp3) is 0.438. The van der Waals surface area contributed by atoms with E-state index in [9.17, 15) is 4.79 Å². The molecule has 0 N–H and O–H groups in total. The topological polar surface area (TPSA) is 26.3 Å². The van der Waals surface area contributed by atoms with Crippen molar-refractivity contribution in [3.05, 3.63) is 41.3 Å². The van der Waals surface area contributed by atoms with E-state index in [4.69, 9.17) is 4.74 Å². The van der Waals surface area contributed by atoms with E-state index in [1.807, 2.05) is 6.07 Å². The highest BCUT2D eigenvalue weighted by Gasteiger charge is 2.53. The van der Waals surface area contributed by atoms with E-state index in [-0.39, 0.29) is 18.1 Å². The summed E-state index contributed by atoms with van der Waals surface area (Å²) in [6.45, 7) is 0. The Morgan fingerprint density at radius 1 is 1.21 bits per heavy atom. The van der Waals surface area contributed by atoms with E-state index in [0.29, 0.717) is 11.7 Å². The van der Waals surface area contributed by atoms with E-state index >= 15 is 0 Å². The summed E-state index contributed by atoms with van der Waals surface area (Å²) in [5.74, 6) is 1.00. The van der Waals surface area contributed by atoms with Gasteiger partial charge in [0.05, 0.1) is 18.1 Å². The van der Waals surface area contributed by atoms with Crippen molar-refractivity contribution in [1.29, 1.82) is 0 Å². The Morgan fingerprint density at radius 3 is 2.89 bits per heavy atom. The Balaban J connectivity index is 1.59. The molecule has 2 aliphatic heterocycles. The van der Waals surface area contributed by atoms with Gasteiger partial charge in [0.25, 0.3) is 0 Å². The molecule has 2 bridgehead atoms. The SMILES string of the molecule is O=C1CCC[C@@H]2[C@H]1[C@H]1C=C(Sc3ccccc3)[C@@H]2O1. The lowest BCUT2D eigenvalue weighted by Gasteiger charge is -2.30. The third-order valence-corrected chi connectivity index (χ3v) is 5.54. The van der Waals surface area contributed by atoms with Gasteiger partial charge in [-0.2, -0.15) is 0 Å². The zero-order valence-electron chi connectivity index (χ0n) is 10.6. The quantitative estimate of drug-likeness (QED) is 0.825. The van der Waals surface area contributed by atoms with Gasteiger partial charge in [-0.1, -0.05) is 30.0 Å². The number of Topliss-reactive ketones (excluding diaryl/α,β-unsaturated/α-hetero) is 1. The van der Waals surface area contributed by atoms with Gasteiger partial charge in [0.1, 0.15) is 5.78 Å². The maximum absolute atomic E-state index is 12.0. The van der Waals surface area contributed by atoms with Crippen molar-refractivity contribution in [2.24, 2.45) is 11.8 Å². The highest BCUT2D eigenvalue weighted by atomic mass is 32.2. The van der Waals surface area contributed by atoms with E-state index in [1.54, 1.807) is 11.8 Å². The van der Waals surface area contributed by atoms with Crippen LogP contribution in [0.1, 0.15) is 19.3 Å². The molecule has 2 nitrogen and oxygen atoms in total. The molecule has 3 heteroatoms. The standard InChI is InChI=1S/C16H16O2S/c17-12-8-4-7-11-15(12)13-9-14(16(11)18-13)19-10-5-2-1-3-6-10/h1-3,5-6,9,11,13,15-16H,4,7-8H2/t11-,13-,15-,16-/m1/s1. The average Bonchev–Trinajstić information content (AvgIpc) is 2.99. The van der Waals surface area contributed by atoms with Gasteiger partial charge >= 0.3 is 0 Å². The molecule has 4 rings (SSSR count). The van der Waals surface area contributed by atoms with Crippen molar-refractivity contribution >= 4 is 17.5 Å². The van der Waals surface area contributed by atoms with E-state index < -0.39 is 0 Å². The largest absolute Gasteiger partial charge is 0.365 e. The van der Waals surface area contributed by atoms with E-state index in [2.05, 4.69) is 30.3 Å². The van der Waals surface area contributed by atoms with Gasteiger partial charge in [0.15, 0.2) is 0 Å². The molecule has 1 aromatic rings. The Labute approximate surface area is 117 Å². The van der Waals surface area contributed by atoms with Crippen LogP contribution in [0, 0.1) is 11.8 Å². The molecule has 2 fully saturated rings. The molecule has 1 saturated carbocycles. The molecule has 1 saturated heterocycles. The average molecular weight is 272 g/mol. The van der Waals surface area contributed by atoms with Crippen LogP contribution in [0.2, 0.25) is 0 Å². The van der Waals surface area contributed by atoms with Crippen LogP contribution in [0.3, 0.4) is 0 Å². The normalized spacial score (nSPS) is 36.2. The first-order valence-corrected chi connectivity index (χ1v) is 7.77. The van der Waals surface area contributed by atoms with Crippen molar-refractivity contribution in [2.45, 2.75) is 36.4 Å². The summed E-state index contributed by atoms with van der Waals surface area (Å²) in [6, 6.07) is 10.4. The Hall–Kier alpha value is -1.06. The van der Waals surface area contributed by atoms with Gasteiger partial charge in [-0.3, -0.25) is 4.79 Å². The van der Waals surface area contributed by atoms with Gasteiger partial charge < -0.3 is 4.74 Å². The zero-order chi connectivity index (χ0) is 12.8. The minimum absolute atomic E-state index is 0.0500. The number of rotatable bonds is 2. The molecular weight excluding hydrogens is 256 g/mol. The minimum Gasteiger partial charge on any atom is -0.365 e. The first kappa shape index (κ1) is 11.7. The highest BCUT2D eigenvalue weighted by molar-refractivity contribution is 8.03. The monoisotopic (exact) mass is 272 g/mol. The summed E-state index contributed by atoms with van der Waals surface area (Å²) in [6.07, 6.45) is 5.34. The number of hydrogen-bond donors (Lipinski definition) is 0. The van der Waals surface area contributed by atoms with Crippen molar-refractivity contribution in [2.75, 3.05) is 0 Å². The third-order valence-electron chi connectivity index (χ3n) is 4.43. The summed E-state index contributed by atoms with van der Waals surface area (Å²) in [5.41, 5.74) is 0. The zero-order valence-corrected chi connectivity index (χ0v) is 11.4. The first-order valence-electron chi connectivity index (χ1n) is 6.96. The van der Waals surface area contributed by atoms with Crippen molar-refractivity contribution in [3.8, 4) is 0 Å². The second-order valence-corrected chi connectivity index (χ2v) is 6.70. The second-order valence-electron chi connectivity index (χ2n) is 5.55. The van der Waals surface area contributed by atoms with Crippen LogP contribution >= 0.6 is 11.8 Å². The lowest BCUT2D eigenvalue weighted by Crippen LogP contribution is -2.35. The molecular formula is C16H16O2S. The smallest absolute Gasteiger partial charge is 0.139 e. The minimum atomic E-state index is 0.0500. The number of carbonyl (C=O) groups is 1. The molecule has 0 amide bonds. The maximum atomic E-state index is 12.0. The Kier molecular flexibility index (Phi) is 2.78. The molecule has 19 heavy (non-hydrogen) atoms. The van der Waals surface area contributed by atoms with Gasteiger partial charge in [-0.25, -0.2) is 0 Å². The van der Waals surface area contributed by atoms with Gasteiger partial charge in [-0.15, -0.1) is 0 Å². The number of ether oxygens (including phenoxy) is 1. The van der Waals surface area contributed by atoms with E-state index in [0.717, 1.165) is 19.3 Å². The second kappa shape index (κ2) is 4.50. The molecule has 0 aromatic heterocycles. The highest BCUT2D eigenvalue weighted by Crippen LogP contribution is 2.52. The summed E-state index contributed by atoms with van der Waals surface area (Å²) >= 11 is 1.80. The molecule has 0 spiro atoms. The van der Waals surface area contributed by atoms with Crippen LogP contribution in [0.15, 0.2) is 46.2 Å². The Morgan fingerprint density at radius 2 is 2.05 bits per heavy atom. The first-order chi connectivity index (χ1) is 9.33. The molecule has 98 valence electrons. The lowest BCUT2D eigenvalue weighted by atomic mass is 9.72. The van der Waals surface area contributed by atoms with Crippen LogP contribution < -0.4 is 0 Å². The third kappa shape index (κ3) is 1.87. The van der Waals surface area contributed by atoms with Crippen LogP contribution in [-0.4, -0.2) is 18.0 Å². The van der Waals surface area contributed by atoms with Crippen LogP contribution in [0.25, 0.3) is 0 Å². The summed E-state index contributed by atoms with van der Waals surface area (Å²) in [7, 11) is 0. The maximum Gasteiger partial charge on any atom is 0.139 e. The van der Waals surface area contributed by atoms with Crippen LogP contribution in [0.5, 0.6) is 0 Å². The summed E-state index contributed by atoms with van der Waals surface area (Å²) in [4.78, 5) is 14.6. The fourth-order valence-electron chi connectivity index (χ4n) is 3.61. The molecule has 0 unspecified atom stereocenters. The molecule has 4 atom stereocenters. The summed E-state index contributed by atoms with van der Waals surface area (Å²) in [5, 5.41) is 0. The van der Waals surface area contributed by atoms with Crippen molar-refractivity contribution in [3.63, 3.8) is 0 Å².